The molecule has 0 radical (unpaired) electrons. The van der Waals surface area contributed by atoms with Crippen LogP contribution < -0.4 is 22.1 Å². The normalized spacial score (nSPS) is 20.1. The van der Waals surface area contributed by atoms with Gasteiger partial charge in [-0.15, -0.1) is 0 Å². The summed E-state index contributed by atoms with van der Waals surface area (Å²) in [4.78, 5) is 52.6. The molecule has 56 heavy (non-hydrogen) atoms. The molecule has 4 amide bonds. The fourth-order valence-corrected chi connectivity index (χ4v) is 7.52. The Balaban J connectivity index is 2.87. The van der Waals surface area contributed by atoms with E-state index in [1.54, 1.807) is 0 Å². The summed E-state index contributed by atoms with van der Waals surface area (Å²) in [5.41, 5.74) is 11.0. The van der Waals surface area contributed by atoms with Gasteiger partial charge in [0.15, 0.2) is 0 Å². The van der Waals surface area contributed by atoms with Crippen LogP contribution in [0.2, 0.25) is 0 Å². The Labute approximate surface area is 339 Å². The van der Waals surface area contributed by atoms with E-state index in [0.717, 1.165) is 38.5 Å². The Hall–Kier alpha value is -2.32. The summed E-state index contributed by atoms with van der Waals surface area (Å²) in [6, 6.07) is -1.06. The van der Waals surface area contributed by atoms with Gasteiger partial charge >= 0.3 is 0 Å². The lowest BCUT2D eigenvalue weighted by atomic mass is 9.96. The van der Waals surface area contributed by atoms with E-state index in [-0.39, 0.29) is 38.1 Å². The second kappa shape index (κ2) is 32.6. The molecule has 0 spiro atoms. The van der Waals surface area contributed by atoms with Gasteiger partial charge in [-0.25, -0.2) is 0 Å². The molecule has 5 atom stereocenters. The molecule has 0 unspecified atom stereocenters. The Morgan fingerprint density at radius 3 is 1.61 bits per heavy atom. The SMILES string of the molecule is CCCCCCCCCCCCCCCCCCN(C(=O)CCCCCCCCCCC)[C@@]1(NC(=O)CNC(=O)[C@@H](N)CCC(N)=O)C[C@@H](O)[C@H](O)[C@@H](CO)O1. The number of rotatable bonds is 36. The van der Waals surface area contributed by atoms with Crippen molar-refractivity contribution in [1.29, 1.82) is 0 Å². The predicted octanol–water partition coefficient (Wildman–Crippen LogP) is 5.98. The van der Waals surface area contributed by atoms with E-state index in [2.05, 4.69) is 24.5 Å². The number of amides is 4. The van der Waals surface area contributed by atoms with Gasteiger partial charge in [-0.2, -0.15) is 0 Å². The third-order valence-electron chi connectivity index (χ3n) is 11.1. The van der Waals surface area contributed by atoms with Crippen molar-refractivity contribution < 1.29 is 39.2 Å². The van der Waals surface area contributed by atoms with Gasteiger partial charge in [0.25, 0.3) is 0 Å². The van der Waals surface area contributed by atoms with E-state index in [9.17, 15) is 34.5 Å². The summed E-state index contributed by atoms with van der Waals surface area (Å²) in [6.07, 6.45) is 24.8. The van der Waals surface area contributed by atoms with Crippen molar-refractivity contribution in [2.75, 3.05) is 19.7 Å². The molecule has 0 aromatic heterocycles. The number of nitrogens with one attached hydrogen (secondary N) is 2. The van der Waals surface area contributed by atoms with Crippen molar-refractivity contribution in [2.45, 2.75) is 230 Å². The Morgan fingerprint density at radius 2 is 1.16 bits per heavy atom. The third kappa shape index (κ3) is 23.2. The summed E-state index contributed by atoms with van der Waals surface area (Å²) in [5, 5.41) is 36.9. The van der Waals surface area contributed by atoms with E-state index in [0.29, 0.717) is 12.8 Å². The Kier molecular flexibility index (Phi) is 30.1. The molecule has 13 nitrogen and oxygen atoms in total. The minimum Gasteiger partial charge on any atom is -0.394 e. The second-order valence-corrected chi connectivity index (χ2v) is 16.2. The van der Waals surface area contributed by atoms with Crippen molar-refractivity contribution in [2.24, 2.45) is 11.5 Å². The highest BCUT2D eigenvalue weighted by molar-refractivity contribution is 5.88. The van der Waals surface area contributed by atoms with E-state index in [1.165, 1.54) is 114 Å². The molecule has 1 heterocycles. The number of nitrogens with two attached hydrogens (primary N) is 2. The van der Waals surface area contributed by atoms with Gasteiger partial charge in [-0.3, -0.25) is 24.1 Å². The minimum atomic E-state index is -1.87. The lowest BCUT2D eigenvalue weighted by Gasteiger charge is -2.50. The number of hydrogen-bond donors (Lipinski definition) is 7. The molecule has 0 aromatic carbocycles. The molecular formula is C43H83N5O8. The largest absolute Gasteiger partial charge is 0.394 e. The van der Waals surface area contributed by atoms with Crippen LogP contribution in [0.15, 0.2) is 0 Å². The van der Waals surface area contributed by atoms with Crippen molar-refractivity contribution in [3.63, 3.8) is 0 Å². The lowest BCUT2D eigenvalue weighted by molar-refractivity contribution is -0.280. The van der Waals surface area contributed by atoms with Crippen molar-refractivity contribution >= 4 is 23.6 Å². The zero-order valence-corrected chi connectivity index (χ0v) is 35.4. The van der Waals surface area contributed by atoms with Crippen LogP contribution in [0.4, 0.5) is 0 Å². The van der Waals surface area contributed by atoms with Gasteiger partial charge < -0.3 is 42.2 Å². The summed E-state index contributed by atoms with van der Waals surface area (Å²) >= 11 is 0. The molecule has 1 fully saturated rings. The number of aliphatic hydroxyl groups is 3. The van der Waals surface area contributed by atoms with Crippen molar-refractivity contribution in [1.82, 2.24) is 15.5 Å². The maximum atomic E-state index is 14.1. The highest BCUT2D eigenvalue weighted by Gasteiger charge is 2.52. The fourth-order valence-electron chi connectivity index (χ4n) is 7.52. The number of hydrogen-bond acceptors (Lipinski definition) is 9. The first-order valence-corrected chi connectivity index (χ1v) is 22.6. The number of nitrogens with zero attached hydrogens (tertiary/aromatic N) is 1. The Bertz CT molecular complexity index is 1050. The van der Waals surface area contributed by atoms with Crippen molar-refractivity contribution in [3.05, 3.63) is 0 Å². The first-order chi connectivity index (χ1) is 27.0. The fraction of sp³-hybridized carbons (Fsp3) is 0.907. The first kappa shape index (κ1) is 51.7. The van der Waals surface area contributed by atoms with Crippen molar-refractivity contribution in [3.8, 4) is 0 Å². The van der Waals surface area contributed by atoms with Crippen LogP contribution in [0.1, 0.15) is 200 Å². The summed E-state index contributed by atoms with van der Waals surface area (Å²) in [6.45, 7) is 3.52. The molecule has 1 saturated heterocycles. The average Bonchev–Trinajstić information content (AvgIpc) is 3.17. The number of carbonyl (C=O) groups excluding carboxylic acids is 4. The highest BCUT2D eigenvalue weighted by Crippen LogP contribution is 2.32. The van der Waals surface area contributed by atoms with Crippen LogP contribution in [0.25, 0.3) is 0 Å². The standard InChI is InChI=1S/C43H83N5O8/c1-3-5-7-9-11-13-14-15-16-17-18-19-21-23-25-27-31-48(40(53)28-26-24-22-20-12-10-8-6-4-2)43(32-36(50)41(54)37(34-49)56-43)47-39(52)33-46-42(55)35(44)29-30-38(45)51/h35-37,41,49-50,54H,3-34,44H2,1-2H3,(H2,45,51)(H,46,55)(H,47,52)/t35-,36+,37+,41-,43-/m0/s1. The summed E-state index contributed by atoms with van der Waals surface area (Å²) in [7, 11) is 0. The Morgan fingerprint density at radius 1 is 0.714 bits per heavy atom. The van der Waals surface area contributed by atoms with Gasteiger partial charge in [0, 0.05) is 25.8 Å². The van der Waals surface area contributed by atoms with Crippen LogP contribution in [0.3, 0.4) is 0 Å². The molecule has 0 aromatic rings. The molecule has 328 valence electrons. The second-order valence-electron chi connectivity index (χ2n) is 16.2. The first-order valence-electron chi connectivity index (χ1n) is 22.6. The molecule has 1 aliphatic heterocycles. The summed E-state index contributed by atoms with van der Waals surface area (Å²) in [5.74, 6) is -4.10. The molecule has 0 bridgehead atoms. The van der Waals surface area contributed by atoms with Crippen LogP contribution in [0.5, 0.6) is 0 Å². The smallest absolute Gasteiger partial charge is 0.243 e. The molecule has 13 heteroatoms. The molecule has 1 aliphatic rings. The van der Waals surface area contributed by atoms with Crippen LogP contribution in [0, 0.1) is 0 Å². The molecule has 0 aliphatic carbocycles. The van der Waals surface area contributed by atoms with Gasteiger partial charge in [0.2, 0.25) is 29.5 Å². The van der Waals surface area contributed by atoms with E-state index < -0.39 is 61.1 Å². The number of carbonyl (C=O) groups is 4. The number of ether oxygens (including phenoxy) is 1. The highest BCUT2D eigenvalue weighted by atomic mass is 16.6. The van der Waals surface area contributed by atoms with Crippen LogP contribution in [-0.4, -0.2) is 93.7 Å². The average molecular weight is 798 g/mol. The zero-order chi connectivity index (χ0) is 41.4. The quantitative estimate of drug-likeness (QED) is 0.0293. The predicted molar refractivity (Wildman–Crippen MR) is 222 cm³/mol. The minimum absolute atomic E-state index is 0.0124. The maximum absolute atomic E-state index is 14.1. The zero-order valence-electron chi connectivity index (χ0n) is 35.4. The van der Waals surface area contributed by atoms with Gasteiger partial charge in [0.1, 0.15) is 12.2 Å². The monoisotopic (exact) mass is 798 g/mol. The molecular weight excluding hydrogens is 715 g/mol. The third-order valence-corrected chi connectivity index (χ3v) is 11.1. The topological polar surface area (TPSA) is 218 Å². The van der Waals surface area contributed by atoms with Gasteiger partial charge in [-0.05, 0) is 19.3 Å². The molecule has 1 rings (SSSR count). The summed E-state index contributed by atoms with van der Waals surface area (Å²) < 4.78 is 6.17. The van der Waals surface area contributed by atoms with Crippen LogP contribution in [-0.2, 0) is 23.9 Å². The van der Waals surface area contributed by atoms with E-state index >= 15 is 0 Å². The lowest BCUT2D eigenvalue weighted by Crippen LogP contribution is -2.72. The van der Waals surface area contributed by atoms with E-state index in [1.807, 2.05) is 0 Å². The van der Waals surface area contributed by atoms with Crippen LogP contribution >= 0.6 is 0 Å². The molecule has 9 N–H and O–H groups in total. The van der Waals surface area contributed by atoms with Gasteiger partial charge in [0.05, 0.1) is 25.3 Å². The molecule has 0 saturated carbocycles. The number of primary amides is 1. The number of aliphatic hydroxyl groups excluding tert-OH is 3. The number of unbranched alkanes of at least 4 members (excludes halogenated alkanes) is 23. The van der Waals surface area contributed by atoms with Gasteiger partial charge in [-0.1, -0.05) is 162 Å². The maximum Gasteiger partial charge on any atom is 0.243 e. The van der Waals surface area contributed by atoms with E-state index in [4.69, 9.17) is 16.2 Å².